The lowest BCUT2D eigenvalue weighted by Crippen LogP contribution is -2.18. The summed E-state index contributed by atoms with van der Waals surface area (Å²) in [6, 6.07) is 0. The largest absolute Gasteiger partial charge is 0.479 e. The molecule has 0 aromatic heterocycles. The second-order valence-corrected chi connectivity index (χ2v) is 4.48. The van der Waals surface area contributed by atoms with Crippen LogP contribution in [0.15, 0.2) is 0 Å². The van der Waals surface area contributed by atoms with Gasteiger partial charge in [0.25, 0.3) is 0 Å². The van der Waals surface area contributed by atoms with Crippen LogP contribution in [0.1, 0.15) is 6.42 Å². The number of sulfone groups is 1. The zero-order valence-corrected chi connectivity index (χ0v) is 6.77. The van der Waals surface area contributed by atoms with Crippen LogP contribution >= 0.6 is 0 Å². The van der Waals surface area contributed by atoms with E-state index in [0.29, 0.717) is 0 Å². The molecule has 1 N–H and O–H groups in total. The molecule has 0 aliphatic rings. The number of carbonyl (C=O) groups is 1. The highest BCUT2D eigenvalue weighted by atomic mass is 32.2. The van der Waals surface area contributed by atoms with E-state index in [1.807, 2.05) is 0 Å². The van der Waals surface area contributed by atoms with E-state index in [9.17, 15) is 17.6 Å². The Bertz CT molecular complexity index is 233. The third-order valence-electron chi connectivity index (χ3n) is 1.01. The number of aliphatic carboxylic acids is 1. The Hall–Kier alpha value is -0.650. The van der Waals surface area contributed by atoms with Gasteiger partial charge >= 0.3 is 5.97 Å². The molecule has 0 saturated carbocycles. The Morgan fingerprint density at radius 2 is 2.09 bits per heavy atom. The molecular formula is C5H9FO4S. The molecule has 0 heterocycles. The quantitative estimate of drug-likeness (QED) is 0.659. The molecule has 1 atom stereocenters. The minimum Gasteiger partial charge on any atom is -0.479 e. The second kappa shape index (κ2) is 3.66. The first-order valence-corrected chi connectivity index (χ1v) is 4.93. The fraction of sp³-hybridized carbons (Fsp3) is 0.800. The predicted molar refractivity (Wildman–Crippen MR) is 36.9 cm³/mol. The summed E-state index contributed by atoms with van der Waals surface area (Å²) in [5, 5.41) is 8.01. The molecule has 4 nitrogen and oxygen atoms in total. The Labute approximate surface area is 63.9 Å². The number of hydrogen-bond acceptors (Lipinski definition) is 3. The van der Waals surface area contributed by atoms with Gasteiger partial charge < -0.3 is 5.11 Å². The van der Waals surface area contributed by atoms with Gasteiger partial charge in [0.1, 0.15) is 9.84 Å². The van der Waals surface area contributed by atoms with Crippen LogP contribution < -0.4 is 0 Å². The fourth-order valence-corrected chi connectivity index (χ4v) is 1.08. The van der Waals surface area contributed by atoms with Crippen molar-refractivity contribution in [2.24, 2.45) is 0 Å². The van der Waals surface area contributed by atoms with Crippen LogP contribution in [0.2, 0.25) is 0 Å². The van der Waals surface area contributed by atoms with Crippen molar-refractivity contribution in [3.05, 3.63) is 0 Å². The van der Waals surface area contributed by atoms with Gasteiger partial charge in [-0.3, -0.25) is 0 Å². The zero-order chi connectivity index (χ0) is 9.07. The van der Waals surface area contributed by atoms with Crippen LogP contribution in [0.4, 0.5) is 4.39 Å². The molecule has 0 rings (SSSR count). The third-order valence-corrected chi connectivity index (χ3v) is 1.99. The van der Waals surface area contributed by atoms with Crippen LogP contribution in [-0.2, 0) is 14.6 Å². The number of alkyl halides is 1. The number of carboxylic acid groups (broad SMARTS) is 1. The summed E-state index contributed by atoms with van der Waals surface area (Å²) in [4.78, 5) is 9.85. The molecule has 0 radical (unpaired) electrons. The average molecular weight is 184 g/mol. The molecule has 0 aromatic rings. The summed E-state index contributed by atoms with van der Waals surface area (Å²) < 4.78 is 33.0. The van der Waals surface area contributed by atoms with Gasteiger partial charge in [-0.05, 0) is 0 Å². The van der Waals surface area contributed by atoms with E-state index >= 15 is 0 Å². The number of carboxylic acids is 1. The van der Waals surface area contributed by atoms with Crippen molar-refractivity contribution in [3.63, 3.8) is 0 Å². The maximum absolute atomic E-state index is 12.2. The summed E-state index contributed by atoms with van der Waals surface area (Å²) in [6.45, 7) is 0. The van der Waals surface area contributed by atoms with Crippen LogP contribution in [0.25, 0.3) is 0 Å². The first-order valence-electron chi connectivity index (χ1n) is 2.87. The van der Waals surface area contributed by atoms with Crippen LogP contribution in [0.3, 0.4) is 0 Å². The third kappa shape index (κ3) is 5.78. The SMILES string of the molecule is CS(=O)(=O)CCC(F)C(=O)O. The zero-order valence-electron chi connectivity index (χ0n) is 5.95. The van der Waals surface area contributed by atoms with E-state index in [-0.39, 0.29) is 0 Å². The van der Waals surface area contributed by atoms with Gasteiger partial charge in [0, 0.05) is 12.7 Å². The minimum absolute atomic E-state index is 0.430. The minimum atomic E-state index is -3.26. The fourth-order valence-electron chi connectivity index (χ4n) is 0.441. The van der Waals surface area contributed by atoms with E-state index in [4.69, 9.17) is 5.11 Å². The lowest BCUT2D eigenvalue weighted by atomic mass is 10.3. The molecule has 6 heteroatoms. The summed E-state index contributed by atoms with van der Waals surface area (Å²) in [5.74, 6) is -2.05. The molecule has 0 spiro atoms. The monoisotopic (exact) mass is 184 g/mol. The molecule has 0 aromatic carbocycles. The van der Waals surface area contributed by atoms with E-state index < -0.39 is 34.2 Å². The lowest BCUT2D eigenvalue weighted by Gasteiger charge is -1.99. The molecular weight excluding hydrogens is 175 g/mol. The van der Waals surface area contributed by atoms with Crippen molar-refractivity contribution in [1.82, 2.24) is 0 Å². The van der Waals surface area contributed by atoms with Crippen molar-refractivity contribution in [2.75, 3.05) is 12.0 Å². The van der Waals surface area contributed by atoms with Crippen molar-refractivity contribution in [3.8, 4) is 0 Å². The Morgan fingerprint density at radius 1 is 1.64 bits per heavy atom. The summed E-state index contributed by atoms with van der Waals surface area (Å²) >= 11 is 0. The maximum Gasteiger partial charge on any atom is 0.338 e. The van der Waals surface area contributed by atoms with Crippen LogP contribution in [0.5, 0.6) is 0 Å². The normalized spacial score (nSPS) is 14.4. The Morgan fingerprint density at radius 3 is 2.36 bits per heavy atom. The lowest BCUT2D eigenvalue weighted by molar-refractivity contribution is -0.142. The van der Waals surface area contributed by atoms with E-state index in [2.05, 4.69) is 0 Å². The maximum atomic E-state index is 12.2. The topological polar surface area (TPSA) is 71.4 Å². The number of hydrogen-bond donors (Lipinski definition) is 1. The standard InChI is InChI=1S/C5H9FO4S/c1-11(9,10)3-2-4(6)5(7)8/h4H,2-3H2,1H3,(H,7,8). The number of halogens is 1. The first kappa shape index (κ1) is 10.3. The summed E-state index contributed by atoms with van der Waals surface area (Å²) in [6.07, 6.45) is -1.62. The molecule has 0 saturated heterocycles. The molecule has 66 valence electrons. The van der Waals surface area contributed by atoms with Gasteiger partial charge in [-0.15, -0.1) is 0 Å². The van der Waals surface area contributed by atoms with Crippen molar-refractivity contribution >= 4 is 15.8 Å². The average Bonchev–Trinajstić information content (AvgIpc) is 1.80. The Kier molecular flexibility index (Phi) is 3.44. The van der Waals surface area contributed by atoms with Gasteiger partial charge in [-0.2, -0.15) is 0 Å². The van der Waals surface area contributed by atoms with Crippen molar-refractivity contribution < 1.29 is 22.7 Å². The molecule has 11 heavy (non-hydrogen) atoms. The highest BCUT2D eigenvalue weighted by molar-refractivity contribution is 7.90. The van der Waals surface area contributed by atoms with Gasteiger partial charge in [0.15, 0.2) is 6.17 Å². The molecule has 0 amide bonds. The van der Waals surface area contributed by atoms with E-state index in [0.717, 1.165) is 6.26 Å². The summed E-state index contributed by atoms with van der Waals surface area (Å²) in [7, 11) is -3.26. The summed E-state index contributed by atoms with van der Waals surface area (Å²) in [5.41, 5.74) is 0. The number of rotatable bonds is 4. The van der Waals surface area contributed by atoms with Crippen LogP contribution in [-0.4, -0.2) is 37.7 Å². The van der Waals surface area contributed by atoms with E-state index in [1.165, 1.54) is 0 Å². The van der Waals surface area contributed by atoms with E-state index in [1.54, 1.807) is 0 Å². The highest BCUT2D eigenvalue weighted by Gasteiger charge is 2.17. The van der Waals surface area contributed by atoms with Gasteiger partial charge in [0.05, 0.1) is 5.75 Å². The second-order valence-electron chi connectivity index (χ2n) is 2.22. The van der Waals surface area contributed by atoms with Crippen LogP contribution in [0, 0.1) is 0 Å². The van der Waals surface area contributed by atoms with Gasteiger partial charge in [0.2, 0.25) is 0 Å². The predicted octanol–water partition coefficient (Wildman–Crippen LogP) is -0.156. The van der Waals surface area contributed by atoms with Crippen molar-refractivity contribution in [2.45, 2.75) is 12.6 Å². The molecule has 0 fully saturated rings. The molecule has 0 aliphatic heterocycles. The van der Waals surface area contributed by atoms with Gasteiger partial charge in [-0.1, -0.05) is 0 Å². The smallest absolute Gasteiger partial charge is 0.338 e. The van der Waals surface area contributed by atoms with Gasteiger partial charge in [-0.25, -0.2) is 17.6 Å². The molecule has 0 bridgehead atoms. The highest BCUT2D eigenvalue weighted by Crippen LogP contribution is 2.00. The first-order chi connectivity index (χ1) is 4.83. The molecule has 1 unspecified atom stereocenters. The Balaban J connectivity index is 3.82. The van der Waals surface area contributed by atoms with Crippen molar-refractivity contribution in [1.29, 1.82) is 0 Å². The molecule has 0 aliphatic carbocycles.